The highest BCUT2D eigenvalue weighted by atomic mass is 19.4. The molecule has 2 aliphatic rings. The summed E-state index contributed by atoms with van der Waals surface area (Å²) in [7, 11) is 0. The molecule has 0 spiro atoms. The Balaban J connectivity index is 1.30. The maximum Gasteiger partial charge on any atom is 0.431 e. The maximum absolute atomic E-state index is 12.8. The number of carbonyl (C=O) groups is 1. The zero-order valence-electron chi connectivity index (χ0n) is 21.2. The van der Waals surface area contributed by atoms with E-state index < -0.39 is 28.9 Å². The van der Waals surface area contributed by atoms with E-state index in [1.165, 1.54) is 12.8 Å². The van der Waals surface area contributed by atoms with Gasteiger partial charge in [-0.1, -0.05) is 0 Å². The van der Waals surface area contributed by atoms with Crippen molar-refractivity contribution in [3.63, 3.8) is 0 Å². The normalized spacial score (nSPS) is 16.2. The standard InChI is InChI=1S/C26H29F3N8O2/c27-26(28,29)20-12-11-19(22(39)32-20)21(38)30-17-7-9-18(10-8-17)31-23-33-24(36-13-3-1-4-14-36)35-25(34-23)37-15-5-2-6-16-37/h7-12H,1-6,13-16H2,(H,30,38)(H,32,39)(H,31,33,34,35). The number of rotatable bonds is 6. The van der Waals surface area contributed by atoms with Crippen molar-refractivity contribution in [2.45, 2.75) is 44.7 Å². The van der Waals surface area contributed by atoms with Gasteiger partial charge in [0.05, 0.1) is 0 Å². The van der Waals surface area contributed by atoms with E-state index in [-0.39, 0.29) is 0 Å². The minimum absolute atomic E-state index is 0.364. The van der Waals surface area contributed by atoms with Crippen LogP contribution in [0.5, 0.6) is 0 Å². The van der Waals surface area contributed by atoms with Gasteiger partial charge in [-0.2, -0.15) is 28.1 Å². The van der Waals surface area contributed by atoms with Gasteiger partial charge in [-0.05, 0) is 74.9 Å². The fourth-order valence-electron chi connectivity index (χ4n) is 4.66. The summed E-state index contributed by atoms with van der Waals surface area (Å²) in [4.78, 5) is 44.7. The van der Waals surface area contributed by atoms with Crippen molar-refractivity contribution in [2.24, 2.45) is 0 Å². The zero-order valence-corrected chi connectivity index (χ0v) is 21.2. The number of piperidine rings is 2. The number of anilines is 5. The lowest BCUT2D eigenvalue weighted by Crippen LogP contribution is -2.34. The lowest BCUT2D eigenvalue weighted by molar-refractivity contribution is -0.141. The molecule has 3 aromatic rings. The number of carbonyl (C=O) groups excluding carboxylic acids is 1. The average Bonchev–Trinajstić information content (AvgIpc) is 2.94. The number of hydrogen-bond acceptors (Lipinski definition) is 8. The Hall–Kier alpha value is -4.16. The summed E-state index contributed by atoms with van der Waals surface area (Å²) in [5.41, 5.74) is -1.73. The van der Waals surface area contributed by atoms with Gasteiger partial charge in [-0.15, -0.1) is 0 Å². The summed E-state index contributed by atoms with van der Waals surface area (Å²) in [5, 5.41) is 5.74. The van der Waals surface area contributed by atoms with Gasteiger partial charge in [0.1, 0.15) is 11.3 Å². The van der Waals surface area contributed by atoms with E-state index >= 15 is 0 Å². The van der Waals surface area contributed by atoms with Gasteiger partial charge in [0, 0.05) is 37.6 Å². The molecule has 0 bridgehead atoms. The van der Waals surface area contributed by atoms with Gasteiger partial charge in [0.25, 0.3) is 11.5 Å². The summed E-state index contributed by atoms with van der Waals surface area (Å²) < 4.78 is 38.3. The fourth-order valence-corrected chi connectivity index (χ4v) is 4.66. The SMILES string of the molecule is O=C(Nc1ccc(Nc2nc(N3CCCCC3)nc(N3CCCCC3)n2)cc1)c1ccc(C(F)(F)F)[nH]c1=O. The van der Waals surface area contributed by atoms with Crippen molar-refractivity contribution in [2.75, 3.05) is 46.6 Å². The second-order valence-electron chi connectivity index (χ2n) is 9.62. The number of nitrogens with zero attached hydrogens (tertiary/aromatic N) is 5. The van der Waals surface area contributed by atoms with Gasteiger partial charge in [0.2, 0.25) is 17.8 Å². The number of aromatic nitrogens is 4. The topological polar surface area (TPSA) is 119 Å². The van der Waals surface area contributed by atoms with Crippen LogP contribution in [0.3, 0.4) is 0 Å². The number of pyridine rings is 1. The average molecular weight is 543 g/mol. The molecule has 1 aromatic carbocycles. The molecule has 5 rings (SSSR count). The van der Waals surface area contributed by atoms with Gasteiger partial charge in [-0.25, -0.2) is 0 Å². The largest absolute Gasteiger partial charge is 0.431 e. The molecule has 206 valence electrons. The molecule has 0 radical (unpaired) electrons. The maximum atomic E-state index is 12.8. The Kier molecular flexibility index (Phi) is 7.66. The minimum Gasteiger partial charge on any atom is -0.341 e. The van der Waals surface area contributed by atoms with Crippen LogP contribution in [-0.2, 0) is 6.18 Å². The van der Waals surface area contributed by atoms with Crippen LogP contribution in [0.1, 0.15) is 54.6 Å². The number of benzene rings is 1. The highest BCUT2D eigenvalue weighted by molar-refractivity contribution is 6.04. The van der Waals surface area contributed by atoms with E-state index in [0.717, 1.165) is 57.9 Å². The van der Waals surface area contributed by atoms with E-state index in [9.17, 15) is 22.8 Å². The molecule has 13 heteroatoms. The molecule has 0 saturated carbocycles. The highest BCUT2D eigenvalue weighted by Gasteiger charge is 2.32. The number of H-pyrrole nitrogens is 1. The smallest absolute Gasteiger partial charge is 0.341 e. The molecular weight excluding hydrogens is 513 g/mol. The summed E-state index contributed by atoms with van der Waals surface area (Å²) in [6, 6.07) is 8.14. The first kappa shape index (κ1) is 26.4. The van der Waals surface area contributed by atoms with Crippen molar-refractivity contribution in [3.8, 4) is 0 Å². The fraction of sp³-hybridized carbons (Fsp3) is 0.423. The van der Waals surface area contributed by atoms with Crippen LogP contribution >= 0.6 is 0 Å². The molecular formula is C26H29F3N8O2. The van der Waals surface area contributed by atoms with Gasteiger partial charge in [-0.3, -0.25) is 9.59 Å². The number of aromatic amines is 1. The number of hydrogen-bond donors (Lipinski definition) is 3. The third kappa shape index (κ3) is 6.47. The van der Waals surface area contributed by atoms with E-state index in [2.05, 4.69) is 30.4 Å². The second kappa shape index (κ2) is 11.3. The first-order valence-electron chi connectivity index (χ1n) is 13.0. The Labute approximate surface area is 222 Å². The molecule has 10 nitrogen and oxygen atoms in total. The summed E-state index contributed by atoms with van der Waals surface area (Å²) in [5.74, 6) is 0.900. The monoisotopic (exact) mass is 542 g/mol. The van der Waals surface area contributed by atoms with Crippen molar-refractivity contribution in [3.05, 3.63) is 58.0 Å². The van der Waals surface area contributed by atoms with Gasteiger partial charge >= 0.3 is 6.18 Å². The Morgan fingerprint density at radius 3 is 1.82 bits per heavy atom. The molecule has 0 unspecified atom stereocenters. The van der Waals surface area contributed by atoms with Crippen LogP contribution < -0.4 is 26.0 Å². The van der Waals surface area contributed by atoms with Crippen LogP contribution in [-0.4, -0.2) is 52.0 Å². The molecule has 2 aromatic heterocycles. The quantitative estimate of drug-likeness (QED) is 0.415. The van der Waals surface area contributed by atoms with E-state index in [4.69, 9.17) is 4.98 Å². The van der Waals surface area contributed by atoms with Crippen LogP contribution in [0, 0.1) is 0 Å². The minimum atomic E-state index is -4.71. The number of alkyl halides is 3. The van der Waals surface area contributed by atoms with Crippen LogP contribution in [0.25, 0.3) is 0 Å². The Morgan fingerprint density at radius 2 is 1.31 bits per heavy atom. The van der Waals surface area contributed by atoms with Gasteiger partial charge in [0.15, 0.2) is 0 Å². The van der Waals surface area contributed by atoms with Crippen LogP contribution in [0.2, 0.25) is 0 Å². The molecule has 2 fully saturated rings. The summed E-state index contributed by atoms with van der Waals surface area (Å²) in [6.45, 7) is 3.61. The second-order valence-corrected chi connectivity index (χ2v) is 9.62. The Morgan fingerprint density at radius 1 is 0.769 bits per heavy atom. The number of nitrogens with one attached hydrogen (secondary N) is 3. The van der Waals surface area contributed by atoms with Crippen molar-refractivity contribution in [1.82, 2.24) is 19.9 Å². The molecule has 3 N–H and O–H groups in total. The number of amides is 1. The number of halogens is 3. The van der Waals surface area contributed by atoms with E-state index in [0.29, 0.717) is 35.3 Å². The molecule has 39 heavy (non-hydrogen) atoms. The van der Waals surface area contributed by atoms with E-state index in [1.54, 1.807) is 29.2 Å². The third-order valence-corrected chi connectivity index (χ3v) is 6.75. The molecule has 4 heterocycles. The molecule has 1 amide bonds. The summed E-state index contributed by atoms with van der Waals surface area (Å²) >= 11 is 0. The van der Waals surface area contributed by atoms with Crippen molar-refractivity contribution in [1.29, 1.82) is 0 Å². The van der Waals surface area contributed by atoms with Crippen LogP contribution in [0.4, 0.5) is 42.4 Å². The summed E-state index contributed by atoms with van der Waals surface area (Å²) in [6.07, 6.45) is 2.07. The predicted octanol–water partition coefficient (Wildman–Crippen LogP) is 4.56. The first-order chi connectivity index (χ1) is 18.8. The highest BCUT2D eigenvalue weighted by Crippen LogP contribution is 2.27. The van der Waals surface area contributed by atoms with E-state index in [1.807, 2.05) is 0 Å². The Bertz CT molecular complexity index is 1330. The van der Waals surface area contributed by atoms with Gasteiger partial charge < -0.3 is 25.4 Å². The van der Waals surface area contributed by atoms with Crippen molar-refractivity contribution >= 4 is 35.1 Å². The third-order valence-electron chi connectivity index (χ3n) is 6.75. The lowest BCUT2D eigenvalue weighted by Gasteiger charge is -2.30. The molecule has 0 aliphatic carbocycles. The zero-order chi connectivity index (χ0) is 27.4. The predicted molar refractivity (Wildman–Crippen MR) is 142 cm³/mol. The molecule has 2 aliphatic heterocycles. The van der Waals surface area contributed by atoms with Crippen LogP contribution in [0.15, 0.2) is 41.2 Å². The lowest BCUT2D eigenvalue weighted by atomic mass is 10.1. The molecule has 0 atom stereocenters. The molecule has 2 saturated heterocycles. The van der Waals surface area contributed by atoms with Crippen molar-refractivity contribution < 1.29 is 18.0 Å². The first-order valence-corrected chi connectivity index (χ1v) is 13.0.